The molecule has 4 heteroatoms. The minimum absolute atomic E-state index is 0.827. The molecule has 0 unspecified atom stereocenters. The van der Waals surface area contributed by atoms with Gasteiger partial charge in [0.05, 0.1) is 11.0 Å². The Balaban J connectivity index is 1.25. The predicted octanol–water partition coefficient (Wildman–Crippen LogP) is 8.55. The van der Waals surface area contributed by atoms with Gasteiger partial charge >= 0.3 is 0 Å². The molecule has 194 valence electrons. The van der Waals surface area contributed by atoms with E-state index >= 15 is 0 Å². The third kappa shape index (κ3) is 3.11. The molecule has 0 fully saturated rings. The second-order valence-electron chi connectivity index (χ2n) is 11.6. The maximum atomic E-state index is 6.04. The van der Waals surface area contributed by atoms with E-state index in [1.165, 1.54) is 60.1 Å². The molecule has 8 aromatic rings. The van der Waals surface area contributed by atoms with E-state index in [0.717, 1.165) is 22.1 Å². The Morgan fingerprint density at radius 3 is 2.02 bits per heavy atom. The number of benzene rings is 5. The van der Waals surface area contributed by atoms with Crippen LogP contribution < -0.4 is 10.4 Å². The molecule has 41 heavy (non-hydrogen) atoms. The molecule has 1 aliphatic rings. The van der Waals surface area contributed by atoms with Crippen molar-refractivity contribution >= 4 is 62.3 Å². The fraction of sp³-hybridized carbons (Fsp3) is 0.0541. The van der Waals surface area contributed by atoms with Crippen molar-refractivity contribution < 1.29 is 4.42 Å². The van der Waals surface area contributed by atoms with Crippen LogP contribution in [0.4, 0.5) is 0 Å². The number of furan rings is 1. The average molecular weight is 543 g/mol. The van der Waals surface area contributed by atoms with Crippen LogP contribution in [0.1, 0.15) is 0 Å². The van der Waals surface area contributed by atoms with Crippen molar-refractivity contribution in [3.05, 3.63) is 121 Å². The van der Waals surface area contributed by atoms with Crippen molar-refractivity contribution in [1.29, 1.82) is 0 Å². The van der Waals surface area contributed by atoms with Gasteiger partial charge in [-0.05, 0) is 87.2 Å². The van der Waals surface area contributed by atoms with E-state index in [4.69, 9.17) is 4.42 Å². The van der Waals surface area contributed by atoms with Crippen LogP contribution in [0.25, 0.3) is 71.8 Å². The second-order valence-corrected chi connectivity index (χ2v) is 16.0. The topological polar surface area (TPSA) is 31.0 Å². The van der Waals surface area contributed by atoms with Crippen molar-refractivity contribution in [2.75, 3.05) is 0 Å². The summed E-state index contributed by atoms with van der Waals surface area (Å²) in [4.78, 5) is 4.60. The van der Waals surface area contributed by atoms with Crippen LogP contribution in [0.3, 0.4) is 0 Å². The summed E-state index contributed by atoms with van der Waals surface area (Å²) in [5, 5.41) is 6.65. The maximum absolute atomic E-state index is 6.04. The monoisotopic (exact) mass is 542 g/mol. The van der Waals surface area contributed by atoms with Crippen LogP contribution in [0.5, 0.6) is 0 Å². The van der Waals surface area contributed by atoms with Crippen LogP contribution in [-0.2, 0) is 0 Å². The Labute approximate surface area is 238 Å². The zero-order valence-corrected chi connectivity index (χ0v) is 23.8. The van der Waals surface area contributed by atoms with E-state index in [-0.39, 0.29) is 0 Å². The first kappa shape index (κ1) is 22.8. The maximum Gasteiger partial charge on any atom is 0.153 e. The summed E-state index contributed by atoms with van der Waals surface area (Å²) in [6, 6.07) is 42.1. The highest BCUT2D eigenvalue weighted by Gasteiger charge is 2.37. The third-order valence-electron chi connectivity index (χ3n) is 9.06. The molecule has 9 rings (SSSR count). The quantitative estimate of drug-likeness (QED) is 0.205. The lowest BCUT2D eigenvalue weighted by molar-refractivity contribution is 0.668. The Hall–Kier alpha value is -4.93. The summed E-state index contributed by atoms with van der Waals surface area (Å²) in [5.41, 5.74) is 11.4. The third-order valence-corrected chi connectivity index (χ3v) is 12.6. The van der Waals surface area contributed by atoms with Gasteiger partial charge in [-0.15, -0.1) is 0 Å². The largest absolute Gasteiger partial charge is 0.454 e. The summed E-state index contributed by atoms with van der Waals surface area (Å²) >= 11 is 0. The van der Waals surface area contributed by atoms with Gasteiger partial charge in [0.25, 0.3) is 0 Å². The zero-order chi connectivity index (χ0) is 27.3. The van der Waals surface area contributed by atoms with Crippen LogP contribution in [0, 0.1) is 0 Å². The van der Waals surface area contributed by atoms with Crippen molar-refractivity contribution in [3.8, 4) is 27.9 Å². The normalized spacial score (nSPS) is 13.8. The van der Waals surface area contributed by atoms with Crippen molar-refractivity contribution in [2.45, 2.75) is 13.1 Å². The number of fused-ring (bicyclic) bond motifs is 9. The number of aromatic nitrogens is 2. The first-order valence-corrected chi connectivity index (χ1v) is 17.1. The standard InChI is InChI=1S/C37H26N2OSi/c1-41(2)35-17-14-24(23-13-16-33-30(21-23)37-34(40-33)12-7-19-38-37)20-28(35)29-22-25(15-18-36(29)41)39-31-10-5-3-8-26(31)27-9-4-6-11-32(27)39/h3-22H,1-2H3. The fourth-order valence-electron chi connectivity index (χ4n) is 7.05. The lowest BCUT2D eigenvalue weighted by atomic mass is 9.98. The first-order chi connectivity index (χ1) is 20.1. The summed E-state index contributed by atoms with van der Waals surface area (Å²) in [6.07, 6.45) is 1.83. The van der Waals surface area contributed by atoms with E-state index in [1.54, 1.807) is 0 Å². The van der Waals surface area contributed by atoms with Gasteiger partial charge in [0.2, 0.25) is 0 Å². The van der Waals surface area contributed by atoms with Gasteiger partial charge in [-0.1, -0.05) is 73.8 Å². The van der Waals surface area contributed by atoms with Crippen LogP contribution in [0.2, 0.25) is 13.1 Å². The number of nitrogens with zero attached hydrogens (tertiary/aromatic N) is 2. The molecule has 0 saturated heterocycles. The van der Waals surface area contributed by atoms with Gasteiger partial charge in [0.15, 0.2) is 5.58 Å². The summed E-state index contributed by atoms with van der Waals surface area (Å²) in [7, 11) is -1.82. The zero-order valence-electron chi connectivity index (χ0n) is 22.8. The molecule has 0 radical (unpaired) electrons. The number of hydrogen-bond donors (Lipinski definition) is 0. The Kier molecular flexibility index (Phi) is 4.49. The van der Waals surface area contributed by atoms with E-state index in [0.29, 0.717) is 0 Å². The molecule has 3 aromatic heterocycles. The molecule has 1 aliphatic heterocycles. The number of pyridine rings is 1. The van der Waals surface area contributed by atoms with E-state index in [1.807, 2.05) is 18.3 Å². The molecule has 5 aromatic carbocycles. The average Bonchev–Trinajstić information content (AvgIpc) is 3.62. The number of rotatable bonds is 2. The van der Waals surface area contributed by atoms with Crippen LogP contribution in [0.15, 0.2) is 126 Å². The Bertz CT molecular complexity index is 2300. The van der Waals surface area contributed by atoms with Crippen molar-refractivity contribution in [1.82, 2.24) is 9.55 Å². The van der Waals surface area contributed by atoms with Gasteiger partial charge < -0.3 is 8.98 Å². The highest BCUT2D eigenvalue weighted by Crippen LogP contribution is 2.37. The predicted molar refractivity (Wildman–Crippen MR) is 173 cm³/mol. The lowest BCUT2D eigenvalue weighted by Crippen LogP contribution is -2.49. The van der Waals surface area contributed by atoms with Crippen LogP contribution in [-0.4, -0.2) is 17.6 Å². The summed E-state index contributed by atoms with van der Waals surface area (Å²) in [5.74, 6) is 0. The molecule has 0 saturated carbocycles. The fourth-order valence-corrected chi connectivity index (χ4v) is 10.1. The van der Waals surface area contributed by atoms with Crippen LogP contribution >= 0.6 is 0 Å². The van der Waals surface area contributed by atoms with Crippen molar-refractivity contribution in [3.63, 3.8) is 0 Å². The second kappa shape index (κ2) is 8.06. The summed E-state index contributed by atoms with van der Waals surface area (Å²) < 4.78 is 8.46. The molecule has 3 nitrogen and oxygen atoms in total. The molecule has 0 aliphatic carbocycles. The minimum atomic E-state index is -1.82. The van der Waals surface area contributed by atoms with E-state index in [2.05, 4.69) is 126 Å². The molecular weight excluding hydrogens is 517 g/mol. The molecule has 0 N–H and O–H groups in total. The Morgan fingerprint density at radius 1 is 0.585 bits per heavy atom. The minimum Gasteiger partial charge on any atom is -0.454 e. The highest BCUT2D eigenvalue weighted by molar-refractivity contribution is 7.03. The Morgan fingerprint density at radius 2 is 1.24 bits per heavy atom. The van der Waals surface area contributed by atoms with E-state index < -0.39 is 8.07 Å². The smallest absolute Gasteiger partial charge is 0.153 e. The number of hydrogen-bond acceptors (Lipinski definition) is 2. The number of para-hydroxylation sites is 2. The molecular formula is C37H26N2OSi. The SMILES string of the molecule is C[Si]1(C)c2ccc(-c3ccc4oc5cccnc5c4c3)cc2-c2cc(-n3c4ccccc4c4ccccc43)ccc21. The van der Waals surface area contributed by atoms with Gasteiger partial charge in [0, 0.05) is 28.0 Å². The van der Waals surface area contributed by atoms with Gasteiger partial charge in [-0.25, -0.2) is 0 Å². The highest BCUT2D eigenvalue weighted by atomic mass is 28.3. The van der Waals surface area contributed by atoms with E-state index in [9.17, 15) is 0 Å². The van der Waals surface area contributed by atoms with Gasteiger partial charge in [-0.2, -0.15) is 0 Å². The van der Waals surface area contributed by atoms with Crippen molar-refractivity contribution in [2.24, 2.45) is 0 Å². The molecule has 0 bridgehead atoms. The van der Waals surface area contributed by atoms with Gasteiger partial charge in [0.1, 0.15) is 19.2 Å². The molecule has 0 spiro atoms. The first-order valence-electron chi connectivity index (χ1n) is 14.1. The molecule has 0 amide bonds. The molecule has 4 heterocycles. The molecule has 0 atom stereocenters. The summed E-state index contributed by atoms with van der Waals surface area (Å²) in [6.45, 7) is 4.96. The van der Waals surface area contributed by atoms with Gasteiger partial charge in [-0.3, -0.25) is 4.98 Å². The lowest BCUT2D eigenvalue weighted by Gasteiger charge is -2.19.